The van der Waals surface area contributed by atoms with Gasteiger partial charge in [-0.05, 0) is 44.2 Å². The third kappa shape index (κ3) is 4.13. The molecule has 4 rings (SSSR count). The molecule has 8 nitrogen and oxygen atoms in total. The highest BCUT2D eigenvalue weighted by Gasteiger charge is 2.31. The summed E-state index contributed by atoms with van der Waals surface area (Å²) < 4.78 is 0. The van der Waals surface area contributed by atoms with Crippen molar-refractivity contribution in [3.63, 3.8) is 0 Å². The Kier molecular flexibility index (Phi) is 5.50. The first-order chi connectivity index (χ1) is 13.6. The summed E-state index contributed by atoms with van der Waals surface area (Å²) in [7, 11) is 0. The number of aryl methyl sites for hydroxylation is 1. The zero-order chi connectivity index (χ0) is 19.5. The van der Waals surface area contributed by atoms with Gasteiger partial charge in [0.15, 0.2) is 0 Å². The van der Waals surface area contributed by atoms with Crippen LogP contribution in [0.15, 0.2) is 24.4 Å². The van der Waals surface area contributed by atoms with E-state index in [2.05, 4.69) is 25.2 Å². The van der Waals surface area contributed by atoms with Crippen molar-refractivity contribution in [2.24, 2.45) is 0 Å². The molecule has 0 aromatic carbocycles. The van der Waals surface area contributed by atoms with E-state index in [-0.39, 0.29) is 17.9 Å². The molecule has 2 aromatic rings. The van der Waals surface area contributed by atoms with Crippen molar-refractivity contribution >= 4 is 11.9 Å². The number of piperidine rings is 1. The monoisotopic (exact) mass is 382 g/mol. The van der Waals surface area contributed by atoms with E-state index in [4.69, 9.17) is 5.73 Å². The zero-order valence-electron chi connectivity index (χ0n) is 15.8. The van der Waals surface area contributed by atoms with Crippen LogP contribution in [0, 0.1) is 0 Å². The number of hydrogen-bond acceptors (Lipinski definition) is 7. The molecule has 1 fully saturated rings. The Morgan fingerprint density at radius 2 is 2.14 bits per heavy atom. The standard InChI is InChI=1S/C20H26N6O2/c21-20-24-15-7-2-1-6-14(15)18(25-20)19(28)23-16-8-10-26(12-17(16)27)11-13-5-3-4-9-22-13/h3-5,9,16-17,27H,1-2,6-8,10-12H2,(H,23,28)(H2,21,24,25)/t16-,17-/m1/s1. The van der Waals surface area contributed by atoms with Gasteiger partial charge < -0.3 is 16.2 Å². The fourth-order valence-corrected chi connectivity index (χ4v) is 4.07. The molecule has 148 valence electrons. The van der Waals surface area contributed by atoms with E-state index < -0.39 is 6.10 Å². The SMILES string of the molecule is Nc1nc2c(c(C(=O)N[C@@H]3CCN(Cc4ccccn4)C[C@H]3O)n1)CCCC2. The van der Waals surface area contributed by atoms with Crippen LogP contribution < -0.4 is 11.1 Å². The van der Waals surface area contributed by atoms with E-state index in [1.807, 2.05) is 18.2 Å². The maximum atomic E-state index is 12.9. The van der Waals surface area contributed by atoms with Crippen molar-refractivity contribution in [1.29, 1.82) is 0 Å². The van der Waals surface area contributed by atoms with Crippen LogP contribution in [0.3, 0.4) is 0 Å². The lowest BCUT2D eigenvalue weighted by Gasteiger charge is -2.36. The van der Waals surface area contributed by atoms with Crippen LogP contribution in [-0.2, 0) is 19.4 Å². The highest BCUT2D eigenvalue weighted by atomic mass is 16.3. The number of aliphatic hydroxyl groups is 1. The number of carbonyl (C=O) groups excluding carboxylic acids is 1. The van der Waals surface area contributed by atoms with Gasteiger partial charge in [0, 0.05) is 37.1 Å². The van der Waals surface area contributed by atoms with E-state index in [0.717, 1.165) is 49.2 Å². The van der Waals surface area contributed by atoms with Crippen molar-refractivity contribution in [3.8, 4) is 0 Å². The van der Waals surface area contributed by atoms with Crippen LogP contribution in [-0.4, -0.2) is 56.1 Å². The number of fused-ring (bicyclic) bond motifs is 1. The van der Waals surface area contributed by atoms with Crippen LogP contribution in [0.5, 0.6) is 0 Å². The number of anilines is 1. The predicted octanol–water partition coefficient (Wildman–Crippen LogP) is 0.698. The molecule has 4 N–H and O–H groups in total. The first kappa shape index (κ1) is 18.8. The maximum absolute atomic E-state index is 12.9. The van der Waals surface area contributed by atoms with Gasteiger partial charge in [0.25, 0.3) is 5.91 Å². The number of likely N-dealkylation sites (tertiary alicyclic amines) is 1. The molecule has 1 amide bonds. The predicted molar refractivity (Wildman–Crippen MR) is 104 cm³/mol. The average molecular weight is 382 g/mol. The molecule has 0 saturated carbocycles. The number of aliphatic hydroxyl groups excluding tert-OH is 1. The fraction of sp³-hybridized carbons (Fsp3) is 0.500. The normalized spacial score (nSPS) is 22.5. The Morgan fingerprint density at radius 3 is 2.93 bits per heavy atom. The average Bonchev–Trinajstić information content (AvgIpc) is 2.70. The Bertz CT molecular complexity index is 844. The minimum Gasteiger partial charge on any atom is -0.390 e. The lowest BCUT2D eigenvalue weighted by Crippen LogP contribution is -2.54. The van der Waals surface area contributed by atoms with Crippen LogP contribution >= 0.6 is 0 Å². The van der Waals surface area contributed by atoms with Crippen molar-refractivity contribution in [2.45, 2.75) is 50.8 Å². The van der Waals surface area contributed by atoms with Crippen LogP contribution in [0.4, 0.5) is 5.95 Å². The van der Waals surface area contributed by atoms with Crippen molar-refractivity contribution < 1.29 is 9.90 Å². The second kappa shape index (κ2) is 8.20. The van der Waals surface area contributed by atoms with E-state index in [0.29, 0.717) is 25.2 Å². The van der Waals surface area contributed by atoms with Gasteiger partial charge in [-0.1, -0.05) is 6.07 Å². The smallest absolute Gasteiger partial charge is 0.270 e. The minimum atomic E-state index is -0.642. The highest BCUT2D eigenvalue weighted by Crippen LogP contribution is 2.23. The molecular weight excluding hydrogens is 356 g/mol. The summed E-state index contributed by atoms with van der Waals surface area (Å²) in [5, 5.41) is 13.5. The zero-order valence-corrected chi connectivity index (χ0v) is 15.8. The van der Waals surface area contributed by atoms with Crippen LogP contribution in [0.1, 0.15) is 46.7 Å². The van der Waals surface area contributed by atoms with Crippen LogP contribution in [0.25, 0.3) is 0 Å². The number of carbonyl (C=O) groups is 1. The second-order valence-corrected chi connectivity index (χ2v) is 7.55. The molecular formula is C20H26N6O2. The summed E-state index contributed by atoms with van der Waals surface area (Å²) >= 11 is 0. The maximum Gasteiger partial charge on any atom is 0.270 e. The molecule has 2 aliphatic rings. The number of nitrogen functional groups attached to an aromatic ring is 1. The summed E-state index contributed by atoms with van der Waals surface area (Å²) in [5.41, 5.74) is 8.93. The Balaban J connectivity index is 1.40. The van der Waals surface area contributed by atoms with E-state index >= 15 is 0 Å². The summed E-state index contributed by atoms with van der Waals surface area (Å²) in [6, 6.07) is 5.52. The Labute approximate surface area is 164 Å². The van der Waals surface area contributed by atoms with Gasteiger partial charge in [-0.25, -0.2) is 9.97 Å². The minimum absolute atomic E-state index is 0.136. The summed E-state index contributed by atoms with van der Waals surface area (Å²) in [6.45, 7) is 1.96. The first-order valence-corrected chi connectivity index (χ1v) is 9.86. The topological polar surface area (TPSA) is 117 Å². The Morgan fingerprint density at radius 1 is 1.29 bits per heavy atom. The number of pyridine rings is 1. The van der Waals surface area contributed by atoms with Gasteiger partial charge in [-0.3, -0.25) is 14.7 Å². The lowest BCUT2D eigenvalue weighted by molar-refractivity contribution is 0.0344. The molecule has 28 heavy (non-hydrogen) atoms. The molecule has 0 radical (unpaired) electrons. The molecule has 3 heterocycles. The number of hydrogen-bond donors (Lipinski definition) is 3. The quantitative estimate of drug-likeness (QED) is 0.712. The number of nitrogens with two attached hydrogens (primary N) is 1. The summed E-state index contributed by atoms with van der Waals surface area (Å²) in [6.07, 6.45) is 5.50. The third-order valence-electron chi connectivity index (χ3n) is 5.51. The molecule has 1 aliphatic carbocycles. The van der Waals surface area contributed by atoms with Gasteiger partial charge in [0.2, 0.25) is 5.95 Å². The fourth-order valence-electron chi connectivity index (χ4n) is 4.07. The largest absolute Gasteiger partial charge is 0.390 e. The van der Waals surface area contributed by atoms with E-state index in [1.54, 1.807) is 6.20 Å². The van der Waals surface area contributed by atoms with E-state index in [1.165, 1.54) is 0 Å². The molecule has 2 aromatic heterocycles. The first-order valence-electron chi connectivity index (χ1n) is 9.86. The van der Waals surface area contributed by atoms with Gasteiger partial charge in [-0.15, -0.1) is 0 Å². The molecule has 1 saturated heterocycles. The van der Waals surface area contributed by atoms with Crippen molar-refractivity contribution in [2.75, 3.05) is 18.8 Å². The number of nitrogens with zero attached hydrogens (tertiary/aromatic N) is 4. The number of aromatic nitrogens is 3. The lowest BCUT2D eigenvalue weighted by atomic mass is 9.94. The van der Waals surface area contributed by atoms with Crippen LogP contribution in [0.2, 0.25) is 0 Å². The van der Waals surface area contributed by atoms with Crippen molar-refractivity contribution in [1.82, 2.24) is 25.2 Å². The van der Waals surface area contributed by atoms with Gasteiger partial charge in [0.1, 0.15) is 5.69 Å². The molecule has 0 bridgehead atoms. The number of amides is 1. The molecule has 0 unspecified atom stereocenters. The highest BCUT2D eigenvalue weighted by molar-refractivity contribution is 5.94. The molecule has 2 atom stereocenters. The van der Waals surface area contributed by atoms with Crippen molar-refractivity contribution in [3.05, 3.63) is 47.0 Å². The number of rotatable bonds is 4. The second-order valence-electron chi connectivity index (χ2n) is 7.55. The third-order valence-corrected chi connectivity index (χ3v) is 5.51. The summed E-state index contributed by atoms with van der Waals surface area (Å²) in [5.74, 6) is -0.133. The van der Waals surface area contributed by atoms with Gasteiger partial charge >= 0.3 is 0 Å². The van der Waals surface area contributed by atoms with Gasteiger partial charge in [0.05, 0.1) is 17.8 Å². The van der Waals surface area contributed by atoms with E-state index in [9.17, 15) is 9.90 Å². The molecule has 8 heteroatoms. The van der Waals surface area contributed by atoms with Gasteiger partial charge in [-0.2, -0.15) is 0 Å². The Hall–Kier alpha value is -2.58. The number of nitrogens with one attached hydrogen (secondary N) is 1. The molecule has 0 spiro atoms. The molecule has 1 aliphatic heterocycles. The summed E-state index contributed by atoms with van der Waals surface area (Å²) in [4.78, 5) is 27.8. The number of β-amino-alcohol motifs (C(OH)–C–C–N with tert-alkyl or cyclic N) is 1.